The molecule has 126 valence electrons. The zero-order chi connectivity index (χ0) is 17.1. The van der Waals surface area contributed by atoms with E-state index < -0.39 is 0 Å². The Bertz CT molecular complexity index is 761. The Kier molecular flexibility index (Phi) is 5.06. The molecule has 0 fully saturated rings. The van der Waals surface area contributed by atoms with Crippen LogP contribution >= 0.6 is 11.3 Å². The summed E-state index contributed by atoms with van der Waals surface area (Å²) in [6.45, 7) is 7.45. The molecule has 2 aromatic heterocycles. The highest BCUT2D eigenvalue weighted by molar-refractivity contribution is 7.09. The fourth-order valence-corrected chi connectivity index (χ4v) is 3.38. The molecule has 0 N–H and O–H groups in total. The Hall–Kier alpha value is -2.05. The van der Waals surface area contributed by atoms with Crippen LogP contribution in [0.15, 0.2) is 42.3 Å². The van der Waals surface area contributed by atoms with Gasteiger partial charge in [0.05, 0.1) is 16.4 Å². The van der Waals surface area contributed by atoms with Crippen LogP contribution in [-0.2, 0) is 6.54 Å². The first-order valence-corrected chi connectivity index (χ1v) is 9.02. The highest BCUT2D eigenvalue weighted by Crippen LogP contribution is 2.24. The number of rotatable bonds is 6. The van der Waals surface area contributed by atoms with Crippen LogP contribution in [0.5, 0.6) is 0 Å². The molecular weight excluding hydrogens is 318 g/mol. The van der Waals surface area contributed by atoms with Gasteiger partial charge in [-0.2, -0.15) is 5.10 Å². The molecule has 3 rings (SSSR count). The lowest BCUT2D eigenvalue weighted by molar-refractivity contribution is 0.250. The molecule has 0 amide bonds. The minimum absolute atomic E-state index is 0.319. The highest BCUT2D eigenvalue weighted by atomic mass is 32.1. The largest absolute Gasteiger partial charge is 0.294 e. The number of benzene rings is 1. The molecule has 0 saturated carbocycles. The predicted octanol–water partition coefficient (Wildman–Crippen LogP) is 4.04. The highest BCUT2D eigenvalue weighted by Gasteiger charge is 2.14. The van der Waals surface area contributed by atoms with Crippen molar-refractivity contribution in [1.29, 1.82) is 0 Å². The number of nitrogens with zero attached hydrogens (tertiary/aromatic N) is 5. The molecule has 0 radical (unpaired) electrons. The molecule has 3 aromatic rings. The van der Waals surface area contributed by atoms with Crippen molar-refractivity contribution in [3.63, 3.8) is 0 Å². The molecule has 1 atom stereocenters. The van der Waals surface area contributed by atoms with E-state index in [1.807, 2.05) is 0 Å². The molecule has 6 heteroatoms. The Morgan fingerprint density at radius 3 is 2.50 bits per heavy atom. The molecule has 0 aliphatic carbocycles. The van der Waals surface area contributed by atoms with E-state index in [0.717, 1.165) is 17.9 Å². The van der Waals surface area contributed by atoms with Gasteiger partial charge in [-0.05, 0) is 31.7 Å². The van der Waals surface area contributed by atoms with E-state index >= 15 is 0 Å². The van der Waals surface area contributed by atoms with Crippen LogP contribution < -0.4 is 0 Å². The number of hydrogen-bond acceptors (Lipinski definition) is 5. The fourth-order valence-electron chi connectivity index (χ4n) is 2.55. The van der Waals surface area contributed by atoms with Gasteiger partial charge in [0, 0.05) is 23.9 Å². The summed E-state index contributed by atoms with van der Waals surface area (Å²) in [7, 11) is 2.14. The summed E-state index contributed by atoms with van der Waals surface area (Å²) in [5.41, 5.74) is 3.45. The second kappa shape index (κ2) is 7.23. The molecule has 5 nitrogen and oxygen atoms in total. The van der Waals surface area contributed by atoms with Gasteiger partial charge in [-0.25, -0.2) is 14.6 Å². The number of aromatic nitrogens is 4. The molecule has 0 spiro atoms. The van der Waals surface area contributed by atoms with Crippen LogP contribution in [0.1, 0.15) is 49.0 Å². The summed E-state index contributed by atoms with van der Waals surface area (Å²) in [5, 5.41) is 7.54. The maximum atomic E-state index is 4.73. The van der Waals surface area contributed by atoms with E-state index in [1.54, 1.807) is 28.7 Å². The lowest BCUT2D eigenvalue weighted by atomic mass is 10.1. The lowest BCUT2D eigenvalue weighted by Crippen LogP contribution is -2.22. The van der Waals surface area contributed by atoms with Crippen molar-refractivity contribution in [2.24, 2.45) is 0 Å². The molecule has 1 unspecified atom stereocenters. The van der Waals surface area contributed by atoms with Gasteiger partial charge in [0.1, 0.15) is 12.7 Å². The van der Waals surface area contributed by atoms with Crippen molar-refractivity contribution >= 4 is 11.3 Å². The number of thiazole rings is 1. The fraction of sp³-hybridized carbons (Fsp3) is 0.389. The third kappa shape index (κ3) is 3.71. The van der Waals surface area contributed by atoms with Gasteiger partial charge >= 0.3 is 0 Å². The summed E-state index contributed by atoms with van der Waals surface area (Å²) >= 11 is 1.75. The van der Waals surface area contributed by atoms with Gasteiger partial charge < -0.3 is 0 Å². The standard InChI is InChI=1S/C18H23N5S/c1-13(2)18-21-16(10-24-18)9-22(4)14(3)15-5-7-17(8-6-15)23-12-19-11-20-23/h5-8,10-14H,9H2,1-4H3. The molecule has 0 saturated heterocycles. The maximum Gasteiger partial charge on any atom is 0.138 e. The second-order valence-electron chi connectivity index (χ2n) is 6.35. The summed E-state index contributed by atoms with van der Waals surface area (Å²) in [6.07, 6.45) is 3.25. The van der Waals surface area contributed by atoms with E-state index in [2.05, 4.69) is 72.4 Å². The molecule has 2 heterocycles. The lowest BCUT2D eigenvalue weighted by Gasteiger charge is -2.24. The molecule has 24 heavy (non-hydrogen) atoms. The average Bonchev–Trinajstić information content (AvgIpc) is 3.26. The predicted molar refractivity (Wildman–Crippen MR) is 97.4 cm³/mol. The average molecular weight is 341 g/mol. The summed E-state index contributed by atoms with van der Waals surface area (Å²) in [4.78, 5) is 11.0. The van der Waals surface area contributed by atoms with E-state index in [-0.39, 0.29) is 0 Å². The van der Waals surface area contributed by atoms with Crippen LogP contribution in [0.4, 0.5) is 0 Å². The van der Waals surface area contributed by atoms with Gasteiger partial charge in [0.2, 0.25) is 0 Å². The zero-order valence-corrected chi connectivity index (χ0v) is 15.4. The van der Waals surface area contributed by atoms with E-state index in [0.29, 0.717) is 12.0 Å². The minimum atomic E-state index is 0.319. The van der Waals surface area contributed by atoms with Crippen molar-refractivity contribution in [1.82, 2.24) is 24.6 Å². The zero-order valence-electron chi connectivity index (χ0n) is 14.5. The van der Waals surface area contributed by atoms with E-state index in [9.17, 15) is 0 Å². The maximum absolute atomic E-state index is 4.73. The Morgan fingerprint density at radius 1 is 1.17 bits per heavy atom. The minimum Gasteiger partial charge on any atom is -0.294 e. The normalized spacial score (nSPS) is 12.9. The van der Waals surface area contributed by atoms with Crippen molar-refractivity contribution in [3.8, 4) is 5.69 Å². The molecule has 0 aliphatic heterocycles. The van der Waals surface area contributed by atoms with Crippen molar-refractivity contribution in [2.75, 3.05) is 7.05 Å². The van der Waals surface area contributed by atoms with Gasteiger partial charge in [-0.1, -0.05) is 26.0 Å². The molecule has 1 aromatic carbocycles. The molecular formula is C18H23N5S. The molecule has 0 bridgehead atoms. The second-order valence-corrected chi connectivity index (χ2v) is 7.24. The van der Waals surface area contributed by atoms with Crippen LogP contribution in [0.25, 0.3) is 5.69 Å². The van der Waals surface area contributed by atoms with Crippen LogP contribution in [0.2, 0.25) is 0 Å². The van der Waals surface area contributed by atoms with Gasteiger partial charge in [0.15, 0.2) is 0 Å². The SMILES string of the molecule is CC(C)c1nc(CN(C)C(C)c2ccc(-n3cncn3)cc2)cs1. The summed E-state index contributed by atoms with van der Waals surface area (Å²) < 4.78 is 1.76. The van der Waals surface area contributed by atoms with Crippen molar-refractivity contribution in [3.05, 3.63) is 58.6 Å². The van der Waals surface area contributed by atoms with E-state index in [4.69, 9.17) is 4.98 Å². The van der Waals surface area contributed by atoms with Gasteiger partial charge in [0.25, 0.3) is 0 Å². The Balaban J connectivity index is 1.67. The Labute approximate surface area is 147 Å². The molecule has 0 aliphatic rings. The van der Waals surface area contributed by atoms with E-state index in [1.165, 1.54) is 10.6 Å². The first-order valence-electron chi connectivity index (χ1n) is 8.14. The third-order valence-electron chi connectivity index (χ3n) is 4.19. The topological polar surface area (TPSA) is 46.8 Å². The van der Waals surface area contributed by atoms with Gasteiger partial charge in [-0.15, -0.1) is 11.3 Å². The summed E-state index contributed by atoms with van der Waals surface area (Å²) in [6, 6.07) is 8.78. The van der Waals surface area contributed by atoms with Crippen LogP contribution in [0.3, 0.4) is 0 Å². The van der Waals surface area contributed by atoms with Crippen LogP contribution in [-0.4, -0.2) is 31.7 Å². The number of hydrogen-bond donors (Lipinski definition) is 0. The first-order chi connectivity index (χ1) is 11.5. The smallest absolute Gasteiger partial charge is 0.138 e. The van der Waals surface area contributed by atoms with Crippen molar-refractivity contribution < 1.29 is 0 Å². The van der Waals surface area contributed by atoms with Crippen molar-refractivity contribution in [2.45, 2.75) is 39.3 Å². The summed E-state index contributed by atoms with van der Waals surface area (Å²) in [5.74, 6) is 0.496. The van der Waals surface area contributed by atoms with Crippen LogP contribution in [0, 0.1) is 0 Å². The third-order valence-corrected chi connectivity index (χ3v) is 5.39. The Morgan fingerprint density at radius 2 is 1.92 bits per heavy atom. The quantitative estimate of drug-likeness (QED) is 0.679. The van der Waals surface area contributed by atoms with Gasteiger partial charge in [-0.3, -0.25) is 4.90 Å². The first kappa shape index (κ1) is 16.8. The monoisotopic (exact) mass is 341 g/mol.